The summed E-state index contributed by atoms with van der Waals surface area (Å²) in [4.78, 5) is 11.3. The van der Waals surface area contributed by atoms with Gasteiger partial charge >= 0.3 is 5.97 Å². The van der Waals surface area contributed by atoms with Crippen LogP contribution in [0.1, 0.15) is 19.3 Å². The number of rotatable bonds is 5. The monoisotopic (exact) mass is 228 g/mol. The van der Waals surface area contributed by atoms with Gasteiger partial charge in [0.15, 0.2) is 0 Å². The molecular weight excluding hydrogens is 216 g/mol. The largest absolute Gasteiger partial charge is 0.426 e. The molecule has 82 valence electrons. The molecule has 0 heterocycles. The Hall–Kier alpha value is -1.06. The van der Waals surface area contributed by atoms with E-state index < -0.39 is 0 Å². The summed E-state index contributed by atoms with van der Waals surface area (Å²) in [6, 6.07) is 6.70. The molecular formula is C11H13ClO3. The Labute approximate surface area is 93.6 Å². The average Bonchev–Trinajstić information content (AvgIpc) is 2.18. The SMILES string of the molecule is O=C(CCCCO)Oc1cccc(Cl)c1. The molecule has 0 unspecified atom stereocenters. The van der Waals surface area contributed by atoms with Crippen molar-refractivity contribution in [3.63, 3.8) is 0 Å². The van der Waals surface area contributed by atoms with E-state index >= 15 is 0 Å². The highest BCUT2D eigenvalue weighted by Crippen LogP contribution is 2.17. The number of unbranched alkanes of at least 4 members (excludes halogenated alkanes) is 1. The van der Waals surface area contributed by atoms with Crippen molar-refractivity contribution in [3.05, 3.63) is 29.3 Å². The molecule has 0 spiro atoms. The second-order valence-corrected chi connectivity index (χ2v) is 3.55. The Bertz CT molecular complexity index is 325. The van der Waals surface area contributed by atoms with Gasteiger partial charge in [0.2, 0.25) is 0 Å². The van der Waals surface area contributed by atoms with E-state index in [1.807, 2.05) is 0 Å². The van der Waals surface area contributed by atoms with E-state index in [0.29, 0.717) is 30.0 Å². The molecule has 0 amide bonds. The van der Waals surface area contributed by atoms with Gasteiger partial charge in [-0.1, -0.05) is 17.7 Å². The molecule has 0 atom stereocenters. The number of esters is 1. The molecule has 1 aromatic carbocycles. The highest BCUT2D eigenvalue weighted by molar-refractivity contribution is 6.30. The van der Waals surface area contributed by atoms with Crippen LogP contribution < -0.4 is 4.74 Å². The van der Waals surface area contributed by atoms with Gasteiger partial charge in [0.1, 0.15) is 5.75 Å². The van der Waals surface area contributed by atoms with Gasteiger partial charge in [0, 0.05) is 18.1 Å². The van der Waals surface area contributed by atoms with E-state index in [1.165, 1.54) is 0 Å². The quantitative estimate of drug-likeness (QED) is 0.478. The minimum Gasteiger partial charge on any atom is -0.426 e. The van der Waals surface area contributed by atoms with E-state index in [4.69, 9.17) is 21.4 Å². The zero-order chi connectivity index (χ0) is 11.1. The van der Waals surface area contributed by atoms with Gasteiger partial charge in [-0.3, -0.25) is 4.79 Å². The lowest BCUT2D eigenvalue weighted by molar-refractivity contribution is -0.134. The van der Waals surface area contributed by atoms with Crippen molar-refractivity contribution >= 4 is 17.6 Å². The van der Waals surface area contributed by atoms with Crippen LogP contribution in [0.3, 0.4) is 0 Å². The molecule has 4 heteroatoms. The van der Waals surface area contributed by atoms with Crippen LogP contribution in [0.5, 0.6) is 5.75 Å². The summed E-state index contributed by atoms with van der Waals surface area (Å²) in [5.41, 5.74) is 0. The first kappa shape index (κ1) is 12.0. The highest BCUT2D eigenvalue weighted by Gasteiger charge is 2.04. The Morgan fingerprint density at radius 3 is 2.87 bits per heavy atom. The third-order valence-electron chi connectivity index (χ3n) is 1.82. The van der Waals surface area contributed by atoms with Gasteiger partial charge in [0.25, 0.3) is 0 Å². The van der Waals surface area contributed by atoms with E-state index in [1.54, 1.807) is 24.3 Å². The maximum Gasteiger partial charge on any atom is 0.311 e. The summed E-state index contributed by atoms with van der Waals surface area (Å²) in [6.07, 6.45) is 1.56. The molecule has 0 radical (unpaired) electrons. The fourth-order valence-electron chi connectivity index (χ4n) is 1.09. The van der Waals surface area contributed by atoms with Gasteiger partial charge in [0.05, 0.1) is 0 Å². The molecule has 0 aromatic heterocycles. The van der Waals surface area contributed by atoms with Crippen LogP contribution in [0.25, 0.3) is 0 Å². The van der Waals surface area contributed by atoms with E-state index in [0.717, 1.165) is 0 Å². The van der Waals surface area contributed by atoms with E-state index in [2.05, 4.69) is 0 Å². The summed E-state index contributed by atoms with van der Waals surface area (Å²) < 4.78 is 5.04. The van der Waals surface area contributed by atoms with Crippen molar-refractivity contribution in [2.45, 2.75) is 19.3 Å². The summed E-state index contributed by atoms with van der Waals surface area (Å²) in [6.45, 7) is 0.102. The van der Waals surface area contributed by atoms with Gasteiger partial charge in [-0.05, 0) is 31.0 Å². The summed E-state index contributed by atoms with van der Waals surface area (Å²) in [5, 5.41) is 9.07. The summed E-state index contributed by atoms with van der Waals surface area (Å²) in [5.74, 6) is 0.155. The molecule has 0 aliphatic carbocycles. The zero-order valence-electron chi connectivity index (χ0n) is 8.28. The topological polar surface area (TPSA) is 46.5 Å². The Balaban J connectivity index is 2.37. The van der Waals surface area contributed by atoms with Crippen LogP contribution in [-0.2, 0) is 4.79 Å². The number of ether oxygens (including phenoxy) is 1. The molecule has 1 aromatic rings. The second kappa shape index (κ2) is 6.43. The number of halogens is 1. The first-order valence-corrected chi connectivity index (χ1v) is 5.17. The molecule has 0 aliphatic heterocycles. The smallest absolute Gasteiger partial charge is 0.311 e. The molecule has 1 rings (SSSR count). The van der Waals surface area contributed by atoms with Crippen LogP contribution in [-0.4, -0.2) is 17.7 Å². The van der Waals surface area contributed by atoms with Crippen LogP contribution in [0.4, 0.5) is 0 Å². The Kier molecular flexibility index (Phi) is 5.15. The maximum absolute atomic E-state index is 11.3. The minimum atomic E-state index is -0.300. The van der Waals surface area contributed by atoms with Gasteiger partial charge < -0.3 is 9.84 Å². The molecule has 1 N–H and O–H groups in total. The third-order valence-corrected chi connectivity index (χ3v) is 2.05. The van der Waals surface area contributed by atoms with Crippen LogP contribution in [0, 0.1) is 0 Å². The number of aliphatic hydroxyl groups excluding tert-OH is 1. The lowest BCUT2D eigenvalue weighted by Crippen LogP contribution is -2.07. The molecule has 0 bridgehead atoms. The number of carbonyl (C=O) groups is 1. The Morgan fingerprint density at radius 1 is 1.40 bits per heavy atom. The fraction of sp³-hybridized carbons (Fsp3) is 0.364. The number of aliphatic hydroxyl groups is 1. The standard InChI is InChI=1S/C11H13ClO3/c12-9-4-3-5-10(8-9)15-11(14)6-1-2-7-13/h3-5,8,13H,1-2,6-7H2. The second-order valence-electron chi connectivity index (χ2n) is 3.11. The van der Waals surface area contributed by atoms with Gasteiger partial charge in [-0.25, -0.2) is 0 Å². The lowest BCUT2D eigenvalue weighted by atomic mass is 10.2. The van der Waals surface area contributed by atoms with Crippen molar-refractivity contribution < 1.29 is 14.6 Å². The molecule has 0 fully saturated rings. The van der Waals surface area contributed by atoms with E-state index in [9.17, 15) is 4.79 Å². The van der Waals surface area contributed by atoms with Crippen molar-refractivity contribution in [3.8, 4) is 5.75 Å². The van der Waals surface area contributed by atoms with Crippen LogP contribution in [0.15, 0.2) is 24.3 Å². The summed E-state index contributed by atoms with van der Waals surface area (Å²) in [7, 11) is 0. The average molecular weight is 229 g/mol. The van der Waals surface area contributed by atoms with Gasteiger partial charge in [-0.15, -0.1) is 0 Å². The molecule has 0 saturated heterocycles. The number of hydrogen-bond acceptors (Lipinski definition) is 3. The van der Waals surface area contributed by atoms with Crippen molar-refractivity contribution in [2.75, 3.05) is 6.61 Å². The molecule has 0 saturated carbocycles. The molecule has 0 aliphatic rings. The zero-order valence-corrected chi connectivity index (χ0v) is 9.04. The summed E-state index contributed by atoms with van der Waals surface area (Å²) >= 11 is 5.73. The van der Waals surface area contributed by atoms with E-state index in [-0.39, 0.29) is 12.6 Å². The first-order valence-electron chi connectivity index (χ1n) is 4.79. The van der Waals surface area contributed by atoms with Crippen LogP contribution in [0.2, 0.25) is 5.02 Å². The van der Waals surface area contributed by atoms with Crippen molar-refractivity contribution in [2.24, 2.45) is 0 Å². The van der Waals surface area contributed by atoms with Gasteiger partial charge in [-0.2, -0.15) is 0 Å². The maximum atomic E-state index is 11.3. The Morgan fingerprint density at radius 2 is 2.20 bits per heavy atom. The highest BCUT2D eigenvalue weighted by atomic mass is 35.5. The lowest BCUT2D eigenvalue weighted by Gasteiger charge is -2.03. The predicted octanol–water partition coefficient (Wildman–Crippen LogP) is 2.41. The van der Waals surface area contributed by atoms with Crippen LogP contribution >= 0.6 is 11.6 Å². The van der Waals surface area contributed by atoms with Crippen molar-refractivity contribution in [1.29, 1.82) is 0 Å². The minimum absolute atomic E-state index is 0.102. The predicted molar refractivity (Wildman–Crippen MR) is 58.0 cm³/mol. The number of carbonyl (C=O) groups excluding carboxylic acids is 1. The number of hydrogen-bond donors (Lipinski definition) is 1. The van der Waals surface area contributed by atoms with Crippen molar-refractivity contribution in [1.82, 2.24) is 0 Å². The molecule has 3 nitrogen and oxygen atoms in total. The third kappa shape index (κ3) is 4.81. The fourth-order valence-corrected chi connectivity index (χ4v) is 1.27. The number of benzene rings is 1. The normalized spacial score (nSPS) is 10.0. The first-order chi connectivity index (χ1) is 7.22. The molecule has 15 heavy (non-hydrogen) atoms.